The van der Waals surface area contributed by atoms with Gasteiger partial charge in [-0.05, 0) is 67.6 Å². The topological polar surface area (TPSA) is 121 Å². The summed E-state index contributed by atoms with van der Waals surface area (Å²) in [6.07, 6.45) is 20.0. The van der Waals surface area contributed by atoms with Gasteiger partial charge < -0.3 is 30.6 Å². The summed E-state index contributed by atoms with van der Waals surface area (Å²) in [4.78, 5) is 0. The molecule has 0 aromatic rings. The van der Waals surface area contributed by atoms with Crippen LogP contribution in [0.1, 0.15) is 135 Å². The fraction of sp³-hybridized carbons (Fsp3) is 1.00. The highest BCUT2D eigenvalue weighted by molar-refractivity contribution is 5.08. The molecular formula is C30H60O6. The molecule has 0 aliphatic heterocycles. The first kappa shape index (κ1) is 33.8. The Morgan fingerprint density at radius 2 is 0.528 bits per heavy atom. The van der Waals surface area contributed by atoms with Gasteiger partial charge in [0.25, 0.3) is 0 Å². The van der Waals surface area contributed by atoms with Crippen LogP contribution < -0.4 is 0 Å². The van der Waals surface area contributed by atoms with Crippen molar-refractivity contribution in [2.75, 3.05) is 39.6 Å². The van der Waals surface area contributed by atoms with Gasteiger partial charge in [-0.3, -0.25) is 0 Å². The predicted octanol–water partition coefficient (Wildman–Crippen LogP) is 5.11. The van der Waals surface area contributed by atoms with E-state index in [0.717, 1.165) is 38.5 Å². The molecule has 6 heteroatoms. The van der Waals surface area contributed by atoms with Crippen LogP contribution in [0.5, 0.6) is 0 Å². The van der Waals surface area contributed by atoms with Gasteiger partial charge in [0, 0.05) is 39.6 Å². The van der Waals surface area contributed by atoms with Crippen molar-refractivity contribution in [1.82, 2.24) is 0 Å². The van der Waals surface area contributed by atoms with Crippen molar-refractivity contribution in [1.29, 1.82) is 0 Å². The summed E-state index contributed by atoms with van der Waals surface area (Å²) in [6, 6.07) is 0. The number of hydrogen-bond acceptors (Lipinski definition) is 6. The molecule has 1 aliphatic rings. The minimum absolute atomic E-state index is 0.0209. The van der Waals surface area contributed by atoms with Crippen molar-refractivity contribution in [3.05, 3.63) is 0 Å². The Bertz CT molecular complexity index is 456. The van der Waals surface area contributed by atoms with Crippen LogP contribution in [0.15, 0.2) is 0 Å². The van der Waals surface area contributed by atoms with E-state index >= 15 is 0 Å². The van der Waals surface area contributed by atoms with E-state index in [1.165, 1.54) is 57.8 Å². The van der Waals surface area contributed by atoms with Gasteiger partial charge in [0.2, 0.25) is 0 Å². The zero-order valence-electron chi connectivity index (χ0n) is 23.3. The second-order valence-electron chi connectivity index (χ2n) is 11.6. The molecule has 0 aromatic carbocycles. The molecule has 1 saturated carbocycles. The smallest absolute Gasteiger partial charge is 0.0436 e. The summed E-state index contributed by atoms with van der Waals surface area (Å²) < 4.78 is 0. The first-order valence-electron chi connectivity index (χ1n) is 15.2. The zero-order chi connectivity index (χ0) is 26.6. The average molecular weight is 517 g/mol. The van der Waals surface area contributed by atoms with Gasteiger partial charge in [0.05, 0.1) is 0 Å². The Kier molecular flexibility index (Phi) is 18.6. The fourth-order valence-electron chi connectivity index (χ4n) is 8.04. The monoisotopic (exact) mass is 516 g/mol. The minimum atomic E-state index is -0.605. The van der Waals surface area contributed by atoms with E-state index in [1.54, 1.807) is 0 Å². The Balaban J connectivity index is 3.58. The third-order valence-electron chi connectivity index (χ3n) is 9.78. The quantitative estimate of drug-likeness (QED) is 0.214. The first-order chi connectivity index (χ1) is 17.6. The van der Waals surface area contributed by atoms with Crippen molar-refractivity contribution in [3.63, 3.8) is 0 Å². The van der Waals surface area contributed by atoms with E-state index in [0.29, 0.717) is 38.5 Å². The van der Waals surface area contributed by atoms with E-state index in [4.69, 9.17) is 0 Å². The molecule has 1 rings (SSSR count). The molecule has 0 heterocycles. The largest absolute Gasteiger partial charge is 0.396 e. The SMILES string of the molecule is OCCC1(CCO)CCCCCCCCCCCCCCCC(CCO)(CCO)C1(CCO)CCO. The lowest BCUT2D eigenvalue weighted by molar-refractivity contribution is -0.159. The standard InChI is InChI=1S/C30H60O6/c31-22-16-28(17-23-32)14-12-10-8-6-4-2-1-3-5-7-9-11-13-15-29(18-24-33,19-25-34)30(28,20-26-35)21-27-36/h31-36H,1-27H2. The molecular weight excluding hydrogens is 456 g/mol. The van der Waals surface area contributed by atoms with Crippen LogP contribution in [-0.2, 0) is 0 Å². The van der Waals surface area contributed by atoms with E-state index < -0.39 is 16.2 Å². The molecule has 0 bridgehead atoms. The van der Waals surface area contributed by atoms with Crippen molar-refractivity contribution in [2.45, 2.75) is 135 Å². The molecule has 6 N–H and O–H groups in total. The Labute approximate surface area is 221 Å². The lowest BCUT2D eigenvalue weighted by Crippen LogP contribution is -2.56. The van der Waals surface area contributed by atoms with Gasteiger partial charge in [0.1, 0.15) is 0 Å². The Morgan fingerprint density at radius 1 is 0.306 bits per heavy atom. The third-order valence-corrected chi connectivity index (χ3v) is 9.78. The Morgan fingerprint density at radius 3 is 0.750 bits per heavy atom. The lowest BCUT2D eigenvalue weighted by atomic mass is 9.42. The number of aliphatic hydroxyl groups excluding tert-OH is 6. The number of hydrogen-bond donors (Lipinski definition) is 6. The summed E-state index contributed by atoms with van der Waals surface area (Å²) in [7, 11) is 0. The molecule has 6 nitrogen and oxygen atoms in total. The van der Waals surface area contributed by atoms with E-state index in [-0.39, 0.29) is 39.6 Å². The van der Waals surface area contributed by atoms with Gasteiger partial charge in [-0.25, -0.2) is 0 Å². The van der Waals surface area contributed by atoms with E-state index in [9.17, 15) is 30.6 Å². The molecule has 0 saturated heterocycles. The van der Waals surface area contributed by atoms with Crippen molar-refractivity contribution < 1.29 is 30.6 Å². The van der Waals surface area contributed by atoms with Crippen LogP contribution in [0.2, 0.25) is 0 Å². The maximum atomic E-state index is 10.4. The third kappa shape index (κ3) is 9.50. The summed E-state index contributed by atoms with van der Waals surface area (Å²) in [6.45, 7) is -0.200. The molecule has 0 atom stereocenters. The van der Waals surface area contributed by atoms with Crippen molar-refractivity contribution in [3.8, 4) is 0 Å². The molecule has 36 heavy (non-hydrogen) atoms. The molecule has 1 aliphatic carbocycles. The van der Waals surface area contributed by atoms with Crippen LogP contribution in [0.25, 0.3) is 0 Å². The van der Waals surface area contributed by atoms with Crippen molar-refractivity contribution >= 4 is 0 Å². The zero-order valence-corrected chi connectivity index (χ0v) is 23.3. The second-order valence-corrected chi connectivity index (χ2v) is 11.6. The van der Waals surface area contributed by atoms with Gasteiger partial charge >= 0.3 is 0 Å². The van der Waals surface area contributed by atoms with Gasteiger partial charge in [0.15, 0.2) is 0 Å². The minimum Gasteiger partial charge on any atom is -0.396 e. The summed E-state index contributed by atoms with van der Waals surface area (Å²) >= 11 is 0. The molecule has 1 fully saturated rings. The molecule has 0 unspecified atom stereocenters. The van der Waals surface area contributed by atoms with Crippen LogP contribution in [0, 0.1) is 16.2 Å². The number of rotatable bonds is 12. The van der Waals surface area contributed by atoms with Crippen LogP contribution in [-0.4, -0.2) is 70.3 Å². The summed E-state index contributed by atoms with van der Waals surface area (Å²) in [5.74, 6) is 0. The van der Waals surface area contributed by atoms with Gasteiger partial charge in [-0.1, -0.05) is 83.5 Å². The maximum absolute atomic E-state index is 10.4. The average Bonchev–Trinajstić information content (AvgIpc) is 2.86. The summed E-state index contributed by atoms with van der Waals surface area (Å²) in [5.41, 5.74) is -1.58. The highest BCUT2D eigenvalue weighted by Gasteiger charge is 2.59. The number of aliphatic hydroxyl groups is 6. The fourth-order valence-corrected chi connectivity index (χ4v) is 8.04. The lowest BCUT2D eigenvalue weighted by Gasteiger charge is -2.62. The van der Waals surface area contributed by atoms with E-state index in [2.05, 4.69) is 0 Å². The van der Waals surface area contributed by atoms with Crippen LogP contribution in [0.4, 0.5) is 0 Å². The molecule has 0 amide bonds. The normalized spacial score (nSPS) is 22.5. The van der Waals surface area contributed by atoms with Crippen molar-refractivity contribution in [2.24, 2.45) is 16.2 Å². The highest BCUT2D eigenvalue weighted by atomic mass is 16.3. The highest BCUT2D eigenvalue weighted by Crippen LogP contribution is 2.65. The summed E-state index contributed by atoms with van der Waals surface area (Å²) in [5, 5.41) is 62.0. The predicted molar refractivity (Wildman–Crippen MR) is 147 cm³/mol. The maximum Gasteiger partial charge on any atom is 0.0436 e. The second kappa shape index (κ2) is 19.8. The molecule has 0 aromatic heterocycles. The van der Waals surface area contributed by atoms with Gasteiger partial charge in [-0.15, -0.1) is 0 Å². The van der Waals surface area contributed by atoms with Gasteiger partial charge in [-0.2, -0.15) is 0 Å². The van der Waals surface area contributed by atoms with Crippen LogP contribution in [0.3, 0.4) is 0 Å². The molecule has 216 valence electrons. The Hall–Kier alpha value is -0.240. The molecule has 0 spiro atoms. The van der Waals surface area contributed by atoms with Crippen LogP contribution >= 0.6 is 0 Å². The molecule has 0 radical (unpaired) electrons. The first-order valence-corrected chi connectivity index (χ1v) is 15.2. The van der Waals surface area contributed by atoms with E-state index in [1.807, 2.05) is 0 Å².